The molecule has 1 amide bonds. The minimum absolute atomic E-state index is 0.246. The maximum atomic E-state index is 12.2. The third-order valence-electron chi connectivity index (χ3n) is 4.73. The van der Waals surface area contributed by atoms with Crippen molar-refractivity contribution in [3.8, 4) is 0 Å². The van der Waals surface area contributed by atoms with Crippen molar-refractivity contribution in [2.45, 2.75) is 49.7 Å². The number of amides is 1. The first-order valence-corrected chi connectivity index (χ1v) is 9.42. The Morgan fingerprint density at radius 2 is 1.73 bits per heavy atom. The van der Waals surface area contributed by atoms with Gasteiger partial charge in [-0.1, -0.05) is 11.8 Å². The topological polar surface area (TPSA) is 54.3 Å². The SMILES string of the molecule is O=C(CSc1nnc(N2CCCC2)n1C1CC1)N1CCCC1. The van der Waals surface area contributed by atoms with E-state index in [1.807, 2.05) is 4.90 Å². The average molecular weight is 321 g/mol. The van der Waals surface area contributed by atoms with Crippen LogP contribution in [0.25, 0.3) is 0 Å². The molecule has 3 heterocycles. The van der Waals surface area contributed by atoms with Gasteiger partial charge in [-0.25, -0.2) is 0 Å². The van der Waals surface area contributed by atoms with E-state index in [4.69, 9.17) is 0 Å². The molecule has 1 aromatic heterocycles. The van der Waals surface area contributed by atoms with E-state index in [9.17, 15) is 4.79 Å². The van der Waals surface area contributed by atoms with Gasteiger partial charge in [0, 0.05) is 32.2 Å². The molecule has 1 saturated carbocycles. The van der Waals surface area contributed by atoms with E-state index >= 15 is 0 Å². The number of carbonyl (C=O) groups is 1. The minimum Gasteiger partial charge on any atom is -0.342 e. The number of hydrogen-bond donors (Lipinski definition) is 0. The van der Waals surface area contributed by atoms with Gasteiger partial charge in [0.2, 0.25) is 11.9 Å². The molecule has 3 fully saturated rings. The molecule has 22 heavy (non-hydrogen) atoms. The lowest BCUT2D eigenvalue weighted by molar-refractivity contribution is -0.127. The number of thioether (sulfide) groups is 1. The standard InChI is InChI=1S/C15H23N5OS/c21-13(18-7-1-2-8-18)11-22-15-17-16-14(19-9-3-4-10-19)20(15)12-5-6-12/h12H,1-11H2. The van der Waals surface area contributed by atoms with Crippen LogP contribution in [0.3, 0.4) is 0 Å². The van der Waals surface area contributed by atoms with Gasteiger partial charge in [0.1, 0.15) is 0 Å². The summed E-state index contributed by atoms with van der Waals surface area (Å²) in [5, 5.41) is 9.74. The second-order valence-electron chi connectivity index (χ2n) is 6.45. The quantitative estimate of drug-likeness (QED) is 0.776. The molecule has 2 aliphatic heterocycles. The Kier molecular flexibility index (Phi) is 3.98. The van der Waals surface area contributed by atoms with Crippen LogP contribution in [0.1, 0.15) is 44.6 Å². The molecule has 0 aromatic carbocycles. The monoisotopic (exact) mass is 321 g/mol. The van der Waals surface area contributed by atoms with E-state index in [2.05, 4.69) is 19.7 Å². The molecule has 0 radical (unpaired) electrons. The minimum atomic E-state index is 0.246. The number of rotatable bonds is 5. The number of likely N-dealkylation sites (tertiary alicyclic amines) is 1. The fourth-order valence-electron chi connectivity index (χ4n) is 3.34. The second-order valence-corrected chi connectivity index (χ2v) is 7.40. The molecule has 1 aliphatic carbocycles. The summed E-state index contributed by atoms with van der Waals surface area (Å²) in [5.41, 5.74) is 0. The molecule has 4 rings (SSSR count). The van der Waals surface area contributed by atoms with E-state index in [1.165, 1.54) is 25.7 Å². The van der Waals surface area contributed by atoms with Crippen LogP contribution in [-0.2, 0) is 4.79 Å². The predicted molar refractivity (Wildman–Crippen MR) is 86.3 cm³/mol. The van der Waals surface area contributed by atoms with Crippen LogP contribution in [0.4, 0.5) is 5.95 Å². The number of anilines is 1. The second kappa shape index (κ2) is 6.10. The fraction of sp³-hybridized carbons (Fsp3) is 0.800. The van der Waals surface area contributed by atoms with Gasteiger partial charge in [-0.05, 0) is 38.5 Å². The molecule has 1 aromatic rings. The molecular formula is C15H23N5OS. The van der Waals surface area contributed by atoms with Crippen molar-refractivity contribution in [3.63, 3.8) is 0 Å². The molecule has 0 bridgehead atoms. The summed E-state index contributed by atoms with van der Waals surface area (Å²) in [4.78, 5) is 16.5. The lowest BCUT2D eigenvalue weighted by atomic mass is 10.4. The van der Waals surface area contributed by atoms with Gasteiger partial charge in [-0.3, -0.25) is 9.36 Å². The highest BCUT2D eigenvalue weighted by atomic mass is 32.2. The molecule has 7 heteroatoms. The van der Waals surface area contributed by atoms with Crippen LogP contribution in [0.2, 0.25) is 0 Å². The Morgan fingerprint density at radius 3 is 2.41 bits per heavy atom. The van der Waals surface area contributed by atoms with Crippen LogP contribution in [0.15, 0.2) is 5.16 Å². The highest BCUT2D eigenvalue weighted by Crippen LogP contribution is 2.41. The van der Waals surface area contributed by atoms with Gasteiger partial charge >= 0.3 is 0 Å². The smallest absolute Gasteiger partial charge is 0.233 e. The number of carbonyl (C=O) groups excluding carboxylic acids is 1. The molecule has 0 unspecified atom stereocenters. The van der Waals surface area contributed by atoms with Crippen molar-refractivity contribution in [1.29, 1.82) is 0 Å². The Morgan fingerprint density at radius 1 is 1.05 bits per heavy atom. The van der Waals surface area contributed by atoms with Gasteiger partial charge in [-0.2, -0.15) is 0 Å². The number of aromatic nitrogens is 3. The summed E-state index contributed by atoms with van der Waals surface area (Å²) in [6.45, 7) is 4.02. The van der Waals surface area contributed by atoms with Crippen molar-refractivity contribution in [2.24, 2.45) is 0 Å². The molecule has 0 spiro atoms. The molecule has 0 N–H and O–H groups in total. The third kappa shape index (κ3) is 2.83. The highest BCUT2D eigenvalue weighted by molar-refractivity contribution is 7.99. The molecular weight excluding hydrogens is 298 g/mol. The van der Waals surface area contributed by atoms with Crippen molar-refractivity contribution < 1.29 is 4.79 Å². The van der Waals surface area contributed by atoms with Crippen LogP contribution in [0, 0.1) is 0 Å². The van der Waals surface area contributed by atoms with Crippen LogP contribution in [-0.4, -0.2) is 57.5 Å². The van der Waals surface area contributed by atoms with Crippen molar-refractivity contribution >= 4 is 23.6 Å². The van der Waals surface area contributed by atoms with Crippen LogP contribution < -0.4 is 4.90 Å². The zero-order valence-electron chi connectivity index (χ0n) is 12.9. The Bertz CT molecular complexity index is 544. The van der Waals surface area contributed by atoms with Crippen LogP contribution >= 0.6 is 11.8 Å². The molecule has 2 saturated heterocycles. The zero-order valence-corrected chi connectivity index (χ0v) is 13.7. The maximum absolute atomic E-state index is 12.2. The van der Waals surface area contributed by atoms with Crippen molar-refractivity contribution in [3.05, 3.63) is 0 Å². The first-order valence-electron chi connectivity index (χ1n) is 8.43. The Labute approximate surface area is 135 Å². The van der Waals surface area contributed by atoms with E-state index in [-0.39, 0.29) is 5.91 Å². The third-order valence-corrected chi connectivity index (χ3v) is 5.66. The predicted octanol–water partition coefficient (Wildman–Crippen LogP) is 1.93. The van der Waals surface area contributed by atoms with Gasteiger partial charge in [-0.15, -0.1) is 10.2 Å². The summed E-state index contributed by atoms with van der Waals surface area (Å²) in [6, 6.07) is 0.551. The van der Waals surface area contributed by atoms with E-state index < -0.39 is 0 Å². The maximum Gasteiger partial charge on any atom is 0.233 e. The van der Waals surface area contributed by atoms with Crippen molar-refractivity contribution in [2.75, 3.05) is 36.8 Å². The average Bonchev–Trinajstić information content (AvgIpc) is 3.03. The van der Waals surface area contributed by atoms with E-state index in [0.717, 1.165) is 50.1 Å². The largest absolute Gasteiger partial charge is 0.342 e. The van der Waals surface area contributed by atoms with E-state index in [0.29, 0.717) is 11.8 Å². The molecule has 0 atom stereocenters. The number of hydrogen-bond acceptors (Lipinski definition) is 5. The lowest BCUT2D eigenvalue weighted by Crippen LogP contribution is -2.29. The summed E-state index contributed by atoms with van der Waals surface area (Å²) < 4.78 is 2.28. The summed E-state index contributed by atoms with van der Waals surface area (Å²) in [6.07, 6.45) is 7.21. The molecule has 3 aliphatic rings. The first kappa shape index (κ1) is 14.4. The number of nitrogens with zero attached hydrogens (tertiary/aromatic N) is 5. The molecule has 6 nitrogen and oxygen atoms in total. The summed E-state index contributed by atoms with van der Waals surface area (Å²) in [5.74, 6) is 1.76. The normalized spacial score (nSPS) is 21.8. The summed E-state index contributed by atoms with van der Waals surface area (Å²) >= 11 is 1.56. The lowest BCUT2D eigenvalue weighted by Gasteiger charge is -2.18. The Balaban J connectivity index is 1.45. The fourth-order valence-corrected chi connectivity index (χ4v) is 4.24. The molecule has 120 valence electrons. The van der Waals surface area contributed by atoms with E-state index in [1.54, 1.807) is 11.8 Å². The van der Waals surface area contributed by atoms with Crippen molar-refractivity contribution in [1.82, 2.24) is 19.7 Å². The Hall–Kier alpha value is -1.24. The van der Waals surface area contributed by atoms with Gasteiger partial charge in [0.25, 0.3) is 0 Å². The van der Waals surface area contributed by atoms with Gasteiger partial charge in [0.05, 0.1) is 5.75 Å². The van der Waals surface area contributed by atoms with Gasteiger partial charge in [0.15, 0.2) is 5.16 Å². The van der Waals surface area contributed by atoms with Gasteiger partial charge < -0.3 is 9.80 Å². The highest BCUT2D eigenvalue weighted by Gasteiger charge is 2.32. The van der Waals surface area contributed by atoms with Crippen LogP contribution in [0.5, 0.6) is 0 Å². The first-order chi connectivity index (χ1) is 10.8. The summed E-state index contributed by atoms with van der Waals surface area (Å²) in [7, 11) is 0. The zero-order chi connectivity index (χ0) is 14.9.